The number of hydrogen-bond acceptors (Lipinski definition) is 6. The Morgan fingerprint density at radius 2 is 1.90 bits per heavy atom. The molecule has 0 atom stereocenters. The van der Waals surface area contributed by atoms with Gasteiger partial charge >= 0.3 is 0 Å². The van der Waals surface area contributed by atoms with Gasteiger partial charge in [-0.15, -0.1) is 11.3 Å². The van der Waals surface area contributed by atoms with Crippen LogP contribution in [0, 0.1) is 0 Å². The fourth-order valence-electron chi connectivity index (χ4n) is 3.31. The first-order chi connectivity index (χ1) is 14.0. The molecule has 8 heteroatoms. The summed E-state index contributed by atoms with van der Waals surface area (Å²) >= 11 is 1.45. The second-order valence-electron chi connectivity index (χ2n) is 6.74. The van der Waals surface area contributed by atoms with Crippen molar-refractivity contribution in [2.24, 2.45) is 0 Å². The van der Waals surface area contributed by atoms with E-state index in [2.05, 4.69) is 16.4 Å². The van der Waals surface area contributed by atoms with Gasteiger partial charge in [-0.05, 0) is 42.7 Å². The van der Waals surface area contributed by atoms with Gasteiger partial charge in [0.15, 0.2) is 15.0 Å². The second-order valence-corrected chi connectivity index (χ2v) is 9.93. The van der Waals surface area contributed by atoms with E-state index in [1.54, 1.807) is 12.1 Å². The topological polar surface area (TPSA) is 85.4 Å². The number of carbonyl (C=O) groups excluding carboxylic acids is 1. The first kappa shape index (κ1) is 19.6. The average molecular weight is 429 g/mol. The number of methoxy groups -OCH3 is 1. The van der Waals surface area contributed by atoms with Gasteiger partial charge in [0.05, 0.1) is 23.5 Å². The molecule has 0 saturated carbocycles. The van der Waals surface area contributed by atoms with Gasteiger partial charge in [0, 0.05) is 16.9 Å². The van der Waals surface area contributed by atoms with Crippen LogP contribution in [0.5, 0.6) is 5.75 Å². The molecule has 0 saturated heterocycles. The highest BCUT2D eigenvalue weighted by molar-refractivity contribution is 7.91. The third-order valence-corrected chi connectivity index (χ3v) is 7.62. The summed E-state index contributed by atoms with van der Waals surface area (Å²) in [5.74, 6) is -0.0449. The van der Waals surface area contributed by atoms with Gasteiger partial charge in [-0.1, -0.05) is 24.3 Å². The monoisotopic (exact) mass is 428 g/mol. The predicted molar refractivity (Wildman–Crippen MR) is 113 cm³/mol. The maximum atomic E-state index is 12.5. The van der Waals surface area contributed by atoms with Gasteiger partial charge in [0.2, 0.25) is 5.91 Å². The SMILES string of the molecule is COc1ccc(S(=O)(=O)CCC(=O)Nc2nc3c(s2)CCc2ccccc2-3)cc1. The number of anilines is 1. The average Bonchev–Trinajstić information content (AvgIpc) is 3.15. The normalized spacial score (nSPS) is 12.7. The number of sulfone groups is 1. The van der Waals surface area contributed by atoms with Crippen molar-refractivity contribution in [2.45, 2.75) is 24.2 Å². The van der Waals surface area contributed by atoms with Crippen LogP contribution in [0.3, 0.4) is 0 Å². The van der Waals surface area contributed by atoms with Crippen molar-refractivity contribution in [2.75, 3.05) is 18.2 Å². The lowest BCUT2D eigenvalue weighted by atomic mass is 9.94. The van der Waals surface area contributed by atoms with Crippen LogP contribution in [-0.4, -0.2) is 32.2 Å². The molecule has 1 N–H and O–H groups in total. The maximum absolute atomic E-state index is 12.5. The van der Waals surface area contributed by atoms with Crippen molar-refractivity contribution in [1.82, 2.24) is 4.98 Å². The summed E-state index contributed by atoms with van der Waals surface area (Å²) in [5.41, 5.74) is 3.28. The number of rotatable bonds is 6. The summed E-state index contributed by atoms with van der Waals surface area (Å²) in [6.45, 7) is 0. The molecule has 0 radical (unpaired) electrons. The molecule has 2 aromatic carbocycles. The Balaban J connectivity index is 1.41. The van der Waals surface area contributed by atoms with E-state index in [4.69, 9.17) is 4.74 Å². The molecule has 4 rings (SSSR count). The van der Waals surface area contributed by atoms with Gasteiger partial charge in [-0.3, -0.25) is 4.79 Å². The number of carbonyl (C=O) groups is 1. The van der Waals surface area contributed by atoms with Crippen LogP contribution in [0.25, 0.3) is 11.3 Å². The van der Waals surface area contributed by atoms with E-state index < -0.39 is 9.84 Å². The van der Waals surface area contributed by atoms with Gasteiger partial charge in [0.1, 0.15) is 5.75 Å². The minimum Gasteiger partial charge on any atom is -0.497 e. The van der Waals surface area contributed by atoms with Crippen LogP contribution < -0.4 is 10.1 Å². The van der Waals surface area contributed by atoms with Crippen LogP contribution in [0.2, 0.25) is 0 Å². The predicted octanol–water partition coefficient (Wildman–Crippen LogP) is 3.72. The summed E-state index contributed by atoms with van der Waals surface area (Å²) in [5, 5.41) is 3.27. The first-order valence-corrected chi connectivity index (χ1v) is 11.7. The number of thiazole rings is 1. The van der Waals surface area contributed by atoms with Crippen LogP contribution in [0.15, 0.2) is 53.4 Å². The van der Waals surface area contributed by atoms with Gasteiger partial charge in [-0.25, -0.2) is 13.4 Å². The van der Waals surface area contributed by atoms with Crippen molar-refractivity contribution < 1.29 is 17.9 Å². The Morgan fingerprint density at radius 1 is 1.14 bits per heavy atom. The number of nitrogens with zero attached hydrogens (tertiary/aromatic N) is 1. The van der Waals surface area contributed by atoms with Crippen LogP contribution in [0.1, 0.15) is 16.9 Å². The van der Waals surface area contributed by atoms with Crippen molar-refractivity contribution in [3.8, 4) is 17.0 Å². The highest BCUT2D eigenvalue weighted by Gasteiger charge is 2.22. The highest BCUT2D eigenvalue weighted by atomic mass is 32.2. The lowest BCUT2D eigenvalue weighted by Crippen LogP contribution is -2.17. The number of amides is 1. The molecule has 1 aromatic heterocycles. The Morgan fingerprint density at radius 3 is 2.66 bits per heavy atom. The first-order valence-electron chi connectivity index (χ1n) is 9.21. The lowest BCUT2D eigenvalue weighted by molar-refractivity contribution is -0.115. The molecular weight excluding hydrogens is 408 g/mol. The molecule has 0 fully saturated rings. The maximum Gasteiger partial charge on any atom is 0.227 e. The van der Waals surface area contributed by atoms with E-state index in [0.29, 0.717) is 10.9 Å². The summed E-state index contributed by atoms with van der Waals surface area (Å²) in [7, 11) is -2.03. The molecule has 1 aliphatic carbocycles. The number of aromatic nitrogens is 1. The zero-order valence-electron chi connectivity index (χ0n) is 15.8. The fraction of sp³-hybridized carbons (Fsp3) is 0.238. The van der Waals surface area contributed by atoms with E-state index in [1.165, 1.54) is 36.1 Å². The molecule has 150 valence electrons. The zero-order chi connectivity index (χ0) is 20.4. The number of nitrogens with one attached hydrogen (secondary N) is 1. The molecule has 1 aliphatic rings. The molecule has 1 amide bonds. The molecule has 29 heavy (non-hydrogen) atoms. The minimum absolute atomic E-state index is 0.130. The zero-order valence-corrected chi connectivity index (χ0v) is 17.5. The van der Waals surface area contributed by atoms with Crippen LogP contribution in [0.4, 0.5) is 5.13 Å². The smallest absolute Gasteiger partial charge is 0.227 e. The Kier molecular flexibility index (Phi) is 5.38. The summed E-state index contributed by atoms with van der Waals surface area (Å²) < 4.78 is 29.9. The van der Waals surface area contributed by atoms with E-state index >= 15 is 0 Å². The van der Waals surface area contributed by atoms with Crippen molar-refractivity contribution in [3.05, 3.63) is 59.0 Å². The summed E-state index contributed by atoms with van der Waals surface area (Å²) in [4.78, 5) is 18.2. The molecule has 0 aliphatic heterocycles. The van der Waals surface area contributed by atoms with Crippen molar-refractivity contribution in [3.63, 3.8) is 0 Å². The Labute approximate surface area is 173 Å². The van der Waals surface area contributed by atoms with E-state index in [1.807, 2.05) is 18.2 Å². The molecule has 0 spiro atoms. The van der Waals surface area contributed by atoms with Gasteiger partial charge < -0.3 is 10.1 Å². The van der Waals surface area contributed by atoms with E-state index in [0.717, 1.165) is 29.0 Å². The molecule has 1 heterocycles. The second kappa shape index (κ2) is 7.96. The lowest BCUT2D eigenvalue weighted by Gasteiger charge is -2.13. The standard InChI is InChI=1S/C21H20N2O4S2/c1-27-15-7-9-16(10-8-15)29(25,26)13-12-19(24)22-21-23-20-17-5-3-2-4-14(17)6-11-18(20)28-21/h2-5,7-10H,6,11-13H2,1H3,(H,22,23,24). The molecular formula is C21H20N2O4S2. The third kappa shape index (κ3) is 4.18. The summed E-state index contributed by atoms with van der Waals surface area (Å²) in [6, 6.07) is 14.3. The van der Waals surface area contributed by atoms with Crippen LogP contribution >= 0.6 is 11.3 Å². The van der Waals surface area contributed by atoms with E-state index in [-0.39, 0.29) is 23.0 Å². The fourth-order valence-corrected chi connectivity index (χ4v) is 5.54. The van der Waals surface area contributed by atoms with Gasteiger partial charge in [-0.2, -0.15) is 0 Å². The minimum atomic E-state index is -3.55. The largest absolute Gasteiger partial charge is 0.497 e. The quantitative estimate of drug-likeness (QED) is 0.647. The number of fused-ring (bicyclic) bond motifs is 3. The number of hydrogen-bond donors (Lipinski definition) is 1. The van der Waals surface area contributed by atoms with Crippen molar-refractivity contribution >= 4 is 32.2 Å². The highest BCUT2D eigenvalue weighted by Crippen LogP contribution is 2.37. The third-order valence-electron chi connectivity index (χ3n) is 4.85. The molecule has 3 aromatic rings. The number of aryl methyl sites for hydroxylation is 2. The molecule has 0 bridgehead atoms. The number of ether oxygens (including phenoxy) is 1. The summed E-state index contributed by atoms with van der Waals surface area (Å²) in [6.07, 6.45) is 1.72. The number of benzene rings is 2. The van der Waals surface area contributed by atoms with Crippen LogP contribution in [-0.2, 0) is 27.5 Å². The molecule has 6 nitrogen and oxygen atoms in total. The van der Waals surface area contributed by atoms with Crippen molar-refractivity contribution in [1.29, 1.82) is 0 Å². The molecule has 0 unspecified atom stereocenters. The Bertz CT molecular complexity index is 1150. The van der Waals surface area contributed by atoms with Gasteiger partial charge in [0.25, 0.3) is 0 Å². The van der Waals surface area contributed by atoms with E-state index in [9.17, 15) is 13.2 Å². The Hall–Kier alpha value is -2.71.